The summed E-state index contributed by atoms with van der Waals surface area (Å²) in [4.78, 5) is 6.36. The molecule has 6 nitrogen and oxygen atoms in total. The van der Waals surface area contributed by atoms with Crippen LogP contribution in [0.15, 0.2) is 33.9 Å². The Kier molecular flexibility index (Phi) is 3.04. The second-order valence-corrected chi connectivity index (χ2v) is 6.63. The number of benzene rings is 1. The fraction of sp³-hybridized carbons (Fsp3) is 0.417. The highest BCUT2D eigenvalue weighted by Gasteiger charge is 2.27. The molecule has 0 aliphatic carbocycles. The molecule has 1 aliphatic rings. The summed E-state index contributed by atoms with van der Waals surface area (Å²) in [5.74, 6) is 0. The van der Waals surface area contributed by atoms with Gasteiger partial charge in [-0.25, -0.2) is 13.4 Å². The minimum absolute atomic E-state index is 0.265. The van der Waals surface area contributed by atoms with Crippen molar-refractivity contribution in [3.63, 3.8) is 0 Å². The number of hydrogen-bond donors (Lipinski definition) is 0. The van der Waals surface area contributed by atoms with Crippen LogP contribution in [-0.4, -0.2) is 55.8 Å². The monoisotopic (exact) mass is 281 g/mol. The van der Waals surface area contributed by atoms with E-state index < -0.39 is 10.0 Å². The summed E-state index contributed by atoms with van der Waals surface area (Å²) in [6, 6.07) is 4.79. The average Bonchev–Trinajstić information content (AvgIpc) is 2.86. The van der Waals surface area contributed by atoms with Gasteiger partial charge in [0.25, 0.3) is 0 Å². The maximum atomic E-state index is 12.5. The van der Waals surface area contributed by atoms with Crippen molar-refractivity contribution in [2.75, 3.05) is 33.2 Å². The lowest BCUT2D eigenvalue weighted by atomic mass is 10.3. The smallest absolute Gasteiger partial charge is 0.243 e. The van der Waals surface area contributed by atoms with Crippen LogP contribution in [0.5, 0.6) is 0 Å². The van der Waals surface area contributed by atoms with Crippen molar-refractivity contribution >= 4 is 21.1 Å². The van der Waals surface area contributed by atoms with Crippen molar-refractivity contribution in [1.82, 2.24) is 14.2 Å². The van der Waals surface area contributed by atoms with Gasteiger partial charge in [-0.1, -0.05) is 0 Å². The van der Waals surface area contributed by atoms with E-state index in [-0.39, 0.29) is 4.90 Å². The SMILES string of the molecule is CN1CCN(S(=O)(=O)c2ccc3ncoc3c2)CC1. The molecule has 2 heterocycles. The Hall–Kier alpha value is -1.44. The molecule has 1 saturated heterocycles. The van der Waals surface area contributed by atoms with Gasteiger partial charge in [-0.2, -0.15) is 4.31 Å². The molecule has 102 valence electrons. The molecule has 1 aromatic carbocycles. The Morgan fingerprint density at radius 1 is 1.21 bits per heavy atom. The number of oxazole rings is 1. The molecule has 7 heteroatoms. The molecule has 0 unspecified atom stereocenters. The Morgan fingerprint density at radius 3 is 2.68 bits per heavy atom. The third-order valence-electron chi connectivity index (χ3n) is 3.40. The van der Waals surface area contributed by atoms with Gasteiger partial charge in [0.1, 0.15) is 5.52 Å². The van der Waals surface area contributed by atoms with Gasteiger partial charge in [0.15, 0.2) is 12.0 Å². The second-order valence-electron chi connectivity index (χ2n) is 4.69. The van der Waals surface area contributed by atoms with E-state index in [1.165, 1.54) is 16.8 Å². The molecule has 0 spiro atoms. The van der Waals surface area contributed by atoms with Gasteiger partial charge in [0.2, 0.25) is 10.0 Å². The highest BCUT2D eigenvalue weighted by Crippen LogP contribution is 2.21. The molecular weight excluding hydrogens is 266 g/mol. The minimum atomic E-state index is -3.44. The first-order chi connectivity index (χ1) is 9.07. The number of likely N-dealkylation sites (N-methyl/N-ethyl adjacent to an activating group) is 1. The van der Waals surface area contributed by atoms with Crippen LogP contribution >= 0.6 is 0 Å². The van der Waals surface area contributed by atoms with Gasteiger partial charge < -0.3 is 9.32 Å². The maximum Gasteiger partial charge on any atom is 0.243 e. The van der Waals surface area contributed by atoms with E-state index in [0.29, 0.717) is 24.2 Å². The number of aromatic nitrogens is 1. The summed E-state index contributed by atoms with van der Waals surface area (Å²) in [7, 11) is -1.45. The zero-order chi connectivity index (χ0) is 13.5. The molecule has 1 aromatic heterocycles. The third-order valence-corrected chi connectivity index (χ3v) is 5.30. The van der Waals surface area contributed by atoms with E-state index >= 15 is 0 Å². The van der Waals surface area contributed by atoms with E-state index in [1.54, 1.807) is 12.1 Å². The number of fused-ring (bicyclic) bond motifs is 1. The van der Waals surface area contributed by atoms with Crippen LogP contribution in [-0.2, 0) is 10.0 Å². The molecule has 0 radical (unpaired) electrons. The van der Waals surface area contributed by atoms with Crippen LogP contribution in [0.2, 0.25) is 0 Å². The largest absolute Gasteiger partial charge is 0.443 e. The van der Waals surface area contributed by atoms with Gasteiger partial charge in [-0.05, 0) is 19.2 Å². The molecule has 0 N–H and O–H groups in total. The summed E-state index contributed by atoms with van der Waals surface area (Å²) < 4.78 is 31.7. The van der Waals surface area contributed by atoms with Gasteiger partial charge in [-0.15, -0.1) is 0 Å². The lowest BCUT2D eigenvalue weighted by Crippen LogP contribution is -2.46. The maximum absolute atomic E-state index is 12.5. The number of sulfonamides is 1. The Bertz CT molecular complexity index is 687. The number of piperazine rings is 1. The van der Waals surface area contributed by atoms with Gasteiger partial charge in [0, 0.05) is 32.2 Å². The van der Waals surface area contributed by atoms with Gasteiger partial charge in [0.05, 0.1) is 4.90 Å². The molecule has 19 heavy (non-hydrogen) atoms. The van der Waals surface area contributed by atoms with Crippen LogP contribution in [0.25, 0.3) is 11.1 Å². The predicted octanol–water partition coefficient (Wildman–Crippen LogP) is 0.764. The lowest BCUT2D eigenvalue weighted by Gasteiger charge is -2.31. The van der Waals surface area contributed by atoms with Crippen molar-refractivity contribution < 1.29 is 12.8 Å². The minimum Gasteiger partial charge on any atom is -0.443 e. The highest BCUT2D eigenvalue weighted by atomic mass is 32.2. The molecule has 0 bridgehead atoms. The summed E-state index contributed by atoms with van der Waals surface area (Å²) in [5, 5.41) is 0. The zero-order valence-electron chi connectivity index (χ0n) is 10.6. The lowest BCUT2D eigenvalue weighted by molar-refractivity contribution is 0.222. The second kappa shape index (κ2) is 4.59. The Balaban J connectivity index is 1.94. The fourth-order valence-electron chi connectivity index (χ4n) is 2.17. The van der Waals surface area contributed by atoms with E-state index in [2.05, 4.69) is 9.88 Å². The van der Waals surface area contributed by atoms with E-state index in [9.17, 15) is 8.42 Å². The molecular formula is C12H15N3O3S. The average molecular weight is 281 g/mol. The van der Waals surface area contributed by atoms with Gasteiger partial charge >= 0.3 is 0 Å². The van der Waals surface area contributed by atoms with Crippen LogP contribution in [0, 0.1) is 0 Å². The quantitative estimate of drug-likeness (QED) is 0.813. The van der Waals surface area contributed by atoms with Crippen LogP contribution < -0.4 is 0 Å². The van der Waals surface area contributed by atoms with E-state index in [1.807, 2.05) is 7.05 Å². The summed E-state index contributed by atoms with van der Waals surface area (Å²) in [5.41, 5.74) is 1.16. The summed E-state index contributed by atoms with van der Waals surface area (Å²) >= 11 is 0. The first-order valence-corrected chi connectivity index (χ1v) is 7.53. The third kappa shape index (κ3) is 2.24. The summed E-state index contributed by atoms with van der Waals surface area (Å²) in [6.07, 6.45) is 1.32. The van der Waals surface area contributed by atoms with Gasteiger partial charge in [-0.3, -0.25) is 0 Å². The standard InChI is InChI=1S/C12H15N3O3S/c1-14-4-6-15(7-5-14)19(16,17)10-2-3-11-12(8-10)18-9-13-11/h2-3,8-9H,4-7H2,1H3. The number of hydrogen-bond acceptors (Lipinski definition) is 5. The normalized spacial score (nSPS) is 19.0. The molecule has 0 amide bonds. The van der Waals surface area contributed by atoms with Crippen molar-refractivity contribution in [2.45, 2.75) is 4.90 Å². The van der Waals surface area contributed by atoms with Crippen LogP contribution in [0.4, 0.5) is 0 Å². The molecule has 1 fully saturated rings. The molecule has 0 atom stereocenters. The fourth-order valence-corrected chi connectivity index (χ4v) is 3.61. The highest BCUT2D eigenvalue weighted by molar-refractivity contribution is 7.89. The summed E-state index contributed by atoms with van der Waals surface area (Å²) in [6.45, 7) is 2.55. The zero-order valence-corrected chi connectivity index (χ0v) is 11.4. The van der Waals surface area contributed by atoms with E-state index in [0.717, 1.165) is 13.1 Å². The Morgan fingerprint density at radius 2 is 1.95 bits per heavy atom. The molecule has 0 saturated carbocycles. The van der Waals surface area contributed by atoms with Crippen LogP contribution in [0.3, 0.4) is 0 Å². The first-order valence-electron chi connectivity index (χ1n) is 6.09. The van der Waals surface area contributed by atoms with Crippen molar-refractivity contribution in [3.8, 4) is 0 Å². The van der Waals surface area contributed by atoms with Crippen molar-refractivity contribution in [3.05, 3.63) is 24.6 Å². The topological polar surface area (TPSA) is 66.7 Å². The first kappa shape index (κ1) is 12.6. The molecule has 3 rings (SSSR count). The predicted molar refractivity (Wildman–Crippen MR) is 70.3 cm³/mol. The Labute approximate surface area is 111 Å². The van der Waals surface area contributed by atoms with Crippen molar-refractivity contribution in [2.24, 2.45) is 0 Å². The molecule has 1 aliphatic heterocycles. The number of nitrogens with zero attached hydrogens (tertiary/aromatic N) is 3. The number of rotatable bonds is 2. The van der Waals surface area contributed by atoms with E-state index in [4.69, 9.17) is 4.42 Å². The van der Waals surface area contributed by atoms with Crippen LogP contribution in [0.1, 0.15) is 0 Å². The molecule has 2 aromatic rings. The van der Waals surface area contributed by atoms with Crippen molar-refractivity contribution in [1.29, 1.82) is 0 Å².